The molecule has 1 aromatic heterocycles. The van der Waals surface area contributed by atoms with Crippen LogP contribution in [0.3, 0.4) is 0 Å². The summed E-state index contributed by atoms with van der Waals surface area (Å²) in [5, 5.41) is 0. The SMILES string of the molecule is CCN(C(=O)CCc1ccco1)C1CCCCC1CN. The van der Waals surface area contributed by atoms with Gasteiger partial charge in [-0.15, -0.1) is 0 Å². The van der Waals surface area contributed by atoms with Gasteiger partial charge in [0.2, 0.25) is 5.91 Å². The zero-order chi connectivity index (χ0) is 14.4. The summed E-state index contributed by atoms with van der Waals surface area (Å²) in [5.74, 6) is 1.58. The largest absolute Gasteiger partial charge is 0.469 e. The van der Waals surface area contributed by atoms with Crippen molar-refractivity contribution in [2.45, 2.75) is 51.5 Å². The van der Waals surface area contributed by atoms with Gasteiger partial charge in [0, 0.05) is 25.4 Å². The Morgan fingerprint density at radius 1 is 1.45 bits per heavy atom. The number of hydrogen-bond acceptors (Lipinski definition) is 3. The van der Waals surface area contributed by atoms with Crippen LogP contribution >= 0.6 is 0 Å². The first-order valence-electron chi connectivity index (χ1n) is 7.78. The van der Waals surface area contributed by atoms with Crippen molar-refractivity contribution in [2.24, 2.45) is 11.7 Å². The fourth-order valence-corrected chi connectivity index (χ4v) is 3.30. The van der Waals surface area contributed by atoms with Gasteiger partial charge in [-0.2, -0.15) is 0 Å². The van der Waals surface area contributed by atoms with E-state index >= 15 is 0 Å². The molecule has 1 heterocycles. The average molecular weight is 278 g/mol. The molecular formula is C16H26N2O2. The molecule has 0 saturated heterocycles. The Morgan fingerprint density at radius 2 is 2.25 bits per heavy atom. The summed E-state index contributed by atoms with van der Waals surface area (Å²) in [6.07, 6.45) is 7.57. The van der Waals surface area contributed by atoms with Crippen LogP contribution in [0.1, 0.15) is 44.8 Å². The van der Waals surface area contributed by atoms with Crippen molar-refractivity contribution < 1.29 is 9.21 Å². The first-order chi connectivity index (χ1) is 9.76. The number of furan rings is 1. The van der Waals surface area contributed by atoms with Crippen LogP contribution in [0.15, 0.2) is 22.8 Å². The summed E-state index contributed by atoms with van der Waals surface area (Å²) < 4.78 is 5.29. The summed E-state index contributed by atoms with van der Waals surface area (Å²) in [5.41, 5.74) is 5.88. The molecule has 4 nitrogen and oxygen atoms in total. The van der Waals surface area contributed by atoms with Crippen LogP contribution in [-0.2, 0) is 11.2 Å². The van der Waals surface area contributed by atoms with Gasteiger partial charge >= 0.3 is 0 Å². The third-order valence-corrected chi connectivity index (χ3v) is 4.40. The van der Waals surface area contributed by atoms with E-state index in [9.17, 15) is 4.79 Å². The lowest BCUT2D eigenvalue weighted by Gasteiger charge is -2.39. The fourth-order valence-electron chi connectivity index (χ4n) is 3.30. The van der Waals surface area contributed by atoms with Gasteiger partial charge in [0.15, 0.2) is 0 Å². The topological polar surface area (TPSA) is 59.5 Å². The third kappa shape index (κ3) is 3.63. The minimum atomic E-state index is 0.231. The molecule has 1 fully saturated rings. The molecule has 2 atom stereocenters. The number of rotatable bonds is 6. The number of aryl methyl sites for hydroxylation is 1. The maximum absolute atomic E-state index is 12.5. The van der Waals surface area contributed by atoms with Crippen LogP contribution in [-0.4, -0.2) is 29.9 Å². The van der Waals surface area contributed by atoms with Crippen molar-refractivity contribution in [3.8, 4) is 0 Å². The Morgan fingerprint density at radius 3 is 2.90 bits per heavy atom. The van der Waals surface area contributed by atoms with Crippen LogP contribution in [0.2, 0.25) is 0 Å². The molecule has 0 aromatic carbocycles. The maximum Gasteiger partial charge on any atom is 0.223 e. The minimum absolute atomic E-state index is 0.231. The van der Waals surface area contributed by atoms with E-state index in [1.165, 1.54) is 12.8 Å². The van der Waals surface area contributed by atoms with Gasteiger partial charge in [-0.1, -0.05) is 12.8 Å². The van der Waals surface area contributed by atoms with E-state index in [1.54, 1.807) is 6.26 Å². The quantitative estimate of drug-likeness (QED) is 0.870. The van der Waals surface area contributed by atoms with Crippen LogP contribution < -0.4 is 5.73 Å². The molecule has 1 aliphatic rings. The Balaban J connectivity index is 1.93. The number of amides is 1. The van der Waals surface area contributed by atoms with E-state index in [0.29, 0.717) is 31.3 Å². The Labute approximate surface area is 121 Å². The summed E-state index contributed by atoms with van der Waals surface area (Å²) in [6, 6.07) is 4.12. The summed E-state index contributed by atoms with van der Waals surface area (Å²) >= 11 is 0. The molecule has 0 bridgehead atoms. The highest BCUT2D eigenvalue weighted by Crippen LogP contribution is 2.28. The molecular weight excluding hydrogens is 252 g/mol. The second-order valence-electron chi connectivity index (χ2n) is 5.61. The first kappa shape index (κ1) is 15.1. The van der Waals surface area contributed by atoms with Gasteiger partial charge < -0.3 is 15.1 Å². The number of nitrogens with zero attached hydrogens (tertiary/aromatic N) is 1. The molecule has 0 radical (unpaired) electrons. The normalized spacial score (nSPS) is 22.7. The highest BCUT2D eigenvalue weighted by atomic mass is 16.3. The lowest BCUT2D eigenvalue weighted by atomic mass is 9.83. The molecule has 4 heteroatoms. The number of hydrogen-bond donors (Lipinski definition) is 1. The molecule has 1 aromatic rings. The van der Waals surface area contributed by atoms with E-state index < -0.39 is 0 Å². The average Bonchev–Trinajstić information content (AvgIpc) is 3.00. The van der Waals surface area contributed by atoms with E-state index in [0.717, 1.165) is 25.1 Å². The monoisotopic (exact) mass is 278 g/mol. The second kappa shape index (κ2) is 7.48. The molecule has 0 spiro atoms. The molecule has 2 rings (SSSR count). The van der Waals surface area contributed by atoms with Crippen molar-refractivity contribution in [1.82, 2.24) is 4.90 Å². The number of carbonyl (C=O) groups excluding carboxylic acids is 1. The van der Waals surface area contributed by atoms with Crippen LogP contribution in [0, 0.1) is 5.92 Å². The number of nitrogens with two attached hydrogens (primary N) is 1. The van der Waals surface area contributed by atoms with Gasteiger partial charge in [0.05, 0.1) is 6.26 Å². The lowest BCUT2D eigenvalue weighted by Crippen LogP contribution is -2.48. The van der Waals surface area contributed by atoms with Crippen molar-refractivity contribution in [2.75, 3.05) is 13.1 Å². The highest BCUT2D eigenvalue weighted by Gasteiger charge is 2.30. The molecule has 2 N–H and O–H groups in total. The Kier molecular flexibility index (Phi) is 5.65. The van der Waals surface area contributed by atoms with Crippen molar-refractivity contribution in [3.05, 3.63) is 24.2 Å². The summed E-state index contributed by atoms with van der Waals surface area (Å²) in [6.45, 7) is 3.53. The van der Waals surface area contributed by atoms with E-state index in [1.807, 2.05) is 17.0 Å². The van der Waals surface area contributed by atoms with Gasteiger partial charge in [-0.25, -0.2) is 0 Å². The zero-order valence-electron chi connectivity index (χ0n) is 12.4. The Hall–Kier alpha value is -1.29. The molecule has 1 aliphatic carbocycles. The summed E-state index contributed by atoms with van der Waals surface area (Å²) in [4.78, 5) is 14.5. The van der Waals surface area contributed by atoms with Crippen molar-refractivity contribution in [1.29, 1.82) is 0 Å². The predicted octanol–water partition coefficient (Wildman–Crippen LogP) is 2.58. The maximum atomic E-state index is 12.5. The Bertz CT molecular complexity index is 403. The van der Waals surface area contributed by atoms with Gasteiger partial charge in [-0.3, -0.25) is 4.79 Å². The predicted molar refractivity (Wildman–Crippen MR) is 79.2 cm³/mol. The van der Waals surface area contributed by atoms with Gasteiger partial charge in [0.1, 0.15) is 5.76 Å². The molecule has 2 unspecified atom stereocenters. The van der Waals surface area contributed by atoms with Gasteiger partial charge in [-0.05, 0) is 44.4 Å². The van der Waals surface area contributed by atoms with E-state index in [4.69, 9.17) is 10.2 Å². The lowest BCUT2D eigenvalue weighted by molar-refractivity contribution is -0.135. The minimum Gasteiger partial charge on any atom is -0.469 e. The fraction of sp³-hybridized carbons (Fsp3) is 0.688. The van der Waals surface area contributed by atoms with Crippen LogP contribution in [0.5, 0.6) is 0 Å². The van der Waals surface area contributed by atoms with Gasteiger partial charge in [0.25, 0.3) is 0 Å². The second-order valence-corrected chi connectivity index (χ2v) is 5.61. The highest BCUT2D eigenvalue weighted by molar-refractivity contribution is 5.76. The molecule has 1 saturated carbocycles. The molecule has 1 amide bonds. The van der Waals surface area contributed by atoms with Crippen molar-refractivity contribution in [3.63, 3.8) is 0 Å². The third-order valence-electron chi connectivity index (χ3n) is 4.40. The van der Waals surface area contributed by atoms with E-state index in [-0.39, 0.29) is 5.91 Å². The van der Waals surface area contributed by atoms with Crippen LogP contribution in [0.25, 0.3) is 0 Å². The first-order valence-corrected chi connectivity index (χ1v) is 7.78. The summed E-state index contributed by atoms with van der Waals surface area (Å²) in [7, 11) is 0. The molecule has 0 aliphatic heterocycles. The van der Waals surface area contributed by atoms with Crippen LogP contribution in [0.4, 0.5) is 0 Å². The smallest absolute Gasteiger partial charge is 0.223 e. The van der Waals surface area contributed by atoms with E-state index in [2.05, 4.69) is 6.92 Å². The number of carbonyl (C=O) groups is 1. The van der Waals surface area contributed by atoms with Crippen molar-refractivity contribution >= 4 is 5.91 Å². The molecule has 20 heavy (non-hydrogen) atoms. The molecule has 112 valence electrons. The standard InChI is InChI=1S/C16H26N2O2/c1-2-18(15-8-4-3-6-13(15)12-17)16(19)10-9-14-7-5-11-20-14/h5,7,11,13,15H,2-4,6,8-10,12,17H2,1H3. The zero-order valence-corrected chi connectivity index (χ0v) is 12.4.